The monoisotopic (exact) mass is 315 g/mol. The highest BCUT2D eigenvalue weighted by Crippen LogP contribution is 2.18. The molecule has 0 unspecified atom stereocenters. The molecule has 6 heteroatoms. The Labute approximate surface area is 134 Å². The van der Waals surface area contributed by atoms with Gasteiger partial charge in [-0.3, -0.25) is 10.1 Å². The molecule has 0 bridgehead atoms. The number of non-ortho nitro benzene ring substituents is 1. The third kappa shape index (κ3) is 4.26. The van der Waals surface area contributed by atoms with E-state index in [2.05, 4.69) is 36.6 Å². The second-order valence-electron chi connectivity index (χ2n) is 5.16. The normalized spacial score (nSPS) is 10.3. The van der Waals surface area contributed by atoms with Crippen LogP contribution in [0.3, 0.4) is 0 Å². The number of nitrogens with zero attached hydrogens (tertiary/aromatic N) is 1. The molecular weight excluding hydrogens is 298 g/mol. The van der Waals surface area contributed by atoms with E-state index in [0.717, 1.165) is 5.69 Å². The summed E-state index contributed by atoms with van der Waals surface area (Å²) in [4.78, 5) is 10.2. The zero-order chi connectivity index (χ0) is 16.1. The Morgan fingerprint density at radius 1 is 1.00 bits per heavy atom. The van der Waals surface area contributed by atoms with Crippen molar-refractivity contribution in [2.45, 2.75) is 19.8 Å². The van der Waals surface area contributed by atoms with Crippen LogP contribution in [0.1, 0.15) is 25.3 Å². The van der Waals surface area contributed by atoms with Crippen molar-refractivity contribution >= 4 is 34.4 Å². The van der Waals surface area contributed by atoms with E-state index in [9.17, 15) is 10.1 Å². The van der Waals surface area contributed by atoms with Crippen LogP contribution in [-0.2, 0) is 0 Å². The van der Waals surface area contributed by atoms with Crippen molar-refractivity contribution in [2.75, 3.05) is 10.6 Å². The van der Waals surface area contributed by atoms with Crippen LogP contribution in [0.25, 0.3) is 0 Å². The minimum atomic E-state index is -0.434. The van der Waals surface area contributed by atoms with Crippen LogP contribution in [0.15, 0.2) is 48.5 Å². The standard InChI is InChI=1S/C16H17N3O2S/c1-11(2)12-3-5-13(6-4-12)17-16(22)18-14-7-9-15(10-8-14)19(20)21/h3-11H,1-2H3,(H2,17,18,22). The van der Waals surface area contributed by atoms with Crippen LogP contribution in [0.2, 0.25) is 0 Å². The summed E-state index contributed by atoms with van der Waals surface area (Å²) in [5.74, 6) is 0.485. The minimum Gasteiger partial charge on any atom is -0.332 e. The lowest BCUT2D eigenvalue weighted by molar-refractivity contribution is -0.384. The van der Waals surface area contributed by atoms with Gasteiger partial charge in [-0.2, -0.15) is 0 Å². The van der Waals surface area contributed by atoms with Gasteiger partial charge in [-0.1, -0.05) is 26.0 Å². The Morgan fingerprint density at radius 2 is 1.45 bits per heavy atom. The van der Waals surface area contributed by atoms with Crippen LogP contribution in [-0.4, -0.2) is 10.0 Å². The summed E-state index contributed by atoms with van der Waals surface area (Å²) >= 11 is 5.23. The fraction of sp³-hybridized carbons (Fsp3) is 0.188. The number of hydrogen-bond donors (Lipinski definition) is 2. The zero-order valence-corrected chi connectivity index (χ0v) is 13.2. The van der Waals surface area contributed by atoms with Crippen LogP contribution in [0, 0.1) is 10.1 Å². The first-order chi connectivity index (χ1) is 10.5. The molecule has 0 fully saturated rings. The van der Waals surface area contributed by atoms with E-state index in [1.54, 1.807) is 12.1 Å². The second kappa shape index (κ2) is 7.00. The Hall–Kier alpha value is -2.47. The molecule has 0 aliphatic heterocycles. The number of rotatable bonds is 4. The summed E-state index contributed by atoms with van der Waals surface area (Å²) in [6, 6.07) is 14.2. The molecule has 0 saturated heterocycles. The highest BCUT2D eigenvalue weighted by Gasteiger charge is 2.05. The lowest BCUT2D eigenvalue weighted by Gasteiger charge is -2.11. The summed E-state index contributed by atoms with van der Waals surface area (Å²) in [7, 11) is 0. The molecule has 2 rings (SSSR count). The van der Waals surface area contributed by atoms with Crippen LogP contribution < -0.4 is 10.6 Å². The predicted octanol–water partition coefficient (Wildman–Crippen LogP) is 4.53. The summed E-state index contributed by atoms with van der Waals surface area (Å²) in [6.07, 6.45) is 0. The van der Waals surface area contributed by atoms with Crippen molar-refractivity contribution in [1.82, 2.24) is 0 Å². The molecule has 2 aromatic carbocycles. The van der Waals surface area contributed by atoms with Gasteiger partial charge in [-0.25, -0.2) is 0 Å². The molecule has 0 radical (unpaired) electrons. The second-order valence-corrected chi connectivity index (χ2v) is 5.57. The Morgan fingerprint density at radius 3 is 1.86 bits per heavy atom. The predicted molar refractivity (Wildman–Crippen MR) is 93.5 cm³/mol. The van der Waals surface area contributed by atoms with E-state index in [0.29, 0.717) is 16.7 Å². The van der Waals surface area contributed by atoms with Gasteiger partial charge >= 0.3 is 0 Å². The first-order valence-corrected chi connectivity index (χ1v) is 7.29. The largest absolute Gasteiger partial charge is 0.332 e. The van der Waals surface area contributed by atoms with Gasteiger partial charge in [0.05, 0.1) is 4.92 Å². The molecule has 5 nitrogen and oxygen atoms in total. The summed E-state index contributed by atoms with van der Waals surface area (Å²) < 4.78 is 0. The number of benzene rings is 2. The number of nitro groups is 1. The highest BCUT2D eigenvalue weighted by atomic mass is 32.1. The van der Waals surface area contributed by atoms with Crippen LogP contribution in [0.4, 0.5) is 17.1 Å². The molecule has 0 spiro atoms. The van der Waals surface area contributed by atoms with Crippen molar-refractivity contribution in [3.8, 4) is 0 Å². The third-order valence-corrected chi connectivity index (χ3v) is 3.38. The molecule has 0 saturated carbocycles. The molecule has 0 aliphatic rings. The van der Waals surface area contributed by atoms with Crippen molar-refractivity contribution in [2.24, 2.45) is 0 Å². The maximum atomic E-state index is 10.6. The lowest BCUT2D eigenvalue weighted by atomic mass is 10.0. The minimum absolute atomic E-state index is 0.0497. The molecule has 114 valence electrons. The van der Waals surface area contributed by atoms with E-state index in [4.69, 9.17) is 12.2 Å². The number of thiocarbonyl (C=S) groups is 1. The van der Waals surface area contributed by atoms with E-state index in [-0.39, 0.29) is 5.69 Å². The van der Waals surface area contributed by atoms with Gasteiger partial charge in [0, 0.05) is 23.5 Å². The molecular formula is C16H17N3O2S. The van der Waals surface area contributed by atoms with E-state index in [1.807, 2.05) is 12.1 Å². The van der Waals surface area contributed by atoms with E-state index >= 15 is 0 Å². The maximum Gasteiger partial charge on any atom is 0.269 e. The Bertz CT molecular complexity index is 667. The van der Waals surface area contributed by atoms with Gasteiger partial charge in [0.1, 0.15) is 0 Å². The number of nitro benzene ring substituents is 1. The Kier molecular flexibility index (Phi) is 5.06. The smallest absolute Gasteiger partial charge is 0.269 e. The molecule has 0 aliphatic carbocycles. The molecule has 0 heterocycles. The molecule has 0 atom stereocenters. The molecule has 0 amide bonds. The molecule has 22 heavy (non-hydrogen) atoms. The zero-order valence-electron chi connectivity index (χ0n) is 12.4. The first kappa shape index (κ1) is 15.9. The summed E-state index contributed by atoms with van der Waals surface area (Å²) in [6.45, 7) is 4.28. The fourth-order valence-corrected chi connectivity index (χ4v) is 2.15. The third-order valence-electron chi connectivity index (χ3n) is 3.17. The maximum absolute atomic E-state index is 10.6. The average molecular weight is 315 g/mol. The van der Waals surface area contributed by atoms with Crippen molar-refractivity contribution < 1.29 is 4.92 Å². The fourth-order valence-electron chi connectivity index (χ4n) is 1.91. The van der Waals surface area contributed by atoms with Crippen LogP contribution >= 0.6 is 12.2 Å². The van der Waals surface area contributed by atoms with Gasteiger partial charge in [0.15, 0.2) is 5.11 Å². The van der Waals surface area contributed by atoms with E-state index in [1.165, 1.54) is 17.7 Å². The van der Waals surface area contributed by atoms with Gasteiger partial charge in [0.2, 0.25) is 0 Å². The molecule has 2 N–H and O–H groups in total. The number of hydrogen-bond acceptors (Lipinski definition) is 3. The SMILES string of the molecule is CC(C)c1ccc(NC(=S)Nc2ccc([N+](=O)[O-])cc2)cc1. The van der Waals surface area contributed by atoms with Gasteiger partial charge in [-0.05, 0) is 48.0 Å². The molecule has 0 aromatic heterocycles. The van der Waals surface area contributed by atoms with Crippen molar-refractivity contribution in [3.05, 3.63) is 64.2 Å². The van der Waals surface area contributed by atoms with Crippen molar-refractivity contribution in [3.63, 3.8) is 0 Å². The summed E-state index contributed by atoms with van der Waals surface area (Å²) in [5.41, 5.74) is 2.90. The van der Waals surface area contributed by atoms with Crippen molar-refractivity contribution in [1.29, 1.82) is 0 Å². The first-order valence-electron chi connectivity index (χ1n) is 6.88. The average Bonchev–Trinajstić information content (AvgIpc) is 2.48. The topological polar surface area (TPSA) is 67.2 Å². The lowest BCUT2D eigenvalue weighted by Crippen LogP contribution is -2.18. The summed E-state index contributed by atoms with van der Waals surface area (Å²) in [5, 5.41) is 17.1. The highest BCUT2D eigenvalue weighted by molar-refractivity contribution is 7.80. The van der Waals surface area contributed by atoms with Crippen LogP contribution in [0.5, 0.6) is 0 Å². The number of anilines is 2. The number of nitrogens with one attached hydrogen (secondary N) is 2. The van der Waals surface area contributed by atoms with Gasteiger partial charge in [-0.15, -0.1) is 0 Å². The quantitative estimate of drug-likeness (QED) is 0.493. The van der Waals surface area contributed by atoms with Gasteiger partial charge < -0.3 is 10.6 Å². The Balaban J connectivity index is 1.96. The van der Waals surface area contributed by atoms with E-state index < -0.39 is 4.92 Å². The molecule has 2 aromatic rings. The van der Waals surface area contributed by atoms with Gasteiger partial charge in [0.25, 0.3) is 5.69 Å².